The third-order valence-electron chi connectivity index (χ3n) is 3.02. The number of carboxylic acid groups (broad SMARTS) is 1. The molecule has 1 aliphatic heterocycles. The van der Waals surface area contributed by atoms with Gasteiger partial charge < -0.3 is 14.8 Å². The maximum Gasteiger partial charge on any atom is 0.317 e. The average molecular weight is 243 g/mol. The predicted octanol–water partition coefficient (Wildman–Crippen LogP) is -1.18. The van der Waals surface area contributed by atoms with Crippen LogP contribution in [0.3, 0.4) is 0 Å². The highest BCUT2D eigenvalue weighted by molar-refractivity contribution is 5.69. The van der Waals surface area contributed by atoms with Crippen LogP contribution in [0.15, 0.2) is 0 Å². The van der Waals surface area contributed by atoms with Gasteiger partial charge in [0.15, 0.2) is 0 Å². The second-order valence-electron chi connectivity index (χ2n) is 4.44. The van der Waals surface area contributed by atoms with Crippen molar-refractivity contribution in [1.82, 2.24) is 14.7 Å². The molecule has 1 N–H and O–H groups in total. The summed E-state index contributed by atoms with van der Waals surface area (Å²) in [5.74, 6) is -0.797. The van der Waals surface area contributed by atoms with Gasteiger partial charge in [0.25, 0.3) is 0 Å². The van der Waals surface area contributed by atoms with E-state index in [1.165, 1.54) is 0 Å². The molecule has 98 valence electrons. The largest absolute Gasteiger partial charge is 0.480 e. The maximum absolute atomic E-state index is 10.7. The maximum atomic E-state index is 10.7. The molecule has 1 rings (SSSR count). The minimum atomic E-state index is -0.797. The minimum absolute atomic E-state index is 0.0722. The van der Waals surface area contributed by atoms with Gasteiger partial charge in [0.05, 0.1) is 13.1 Å². The third-order valence-corrected chi connectivity index (χ3v) is 3.02. The van der Waals surface area contributed by atoms with E-state index in [0.29, 0.717) is 13.1 Å². The van der Waals surface area contributed by atoms with Crippen LogP contribution < -0.4 is 0 Å². The summed E-state index contributed by atoms with van der Waals surface area (Å²) in [4.78, 5) is 27.4. The molecule has 1 fully saturated rings. The van der Waals surface area contributed by atoms with Crippen molar-refractivity contribution in [2.75, 3.05) is 59.4 Å². The van der Waals surface area contributed by atoms with Crippen LogP contribution >= 0.6 is 0 Å². The summed E-state index contributed by atoms with van der Waals surface area (Å²) < 4.78 is 0. The number of carbonyl (C=O) groups is 2. The second-order valence-corrected chi connectivity index (χ2v) is 4.44. The molecule has 0 bridgehead atoms. The molecule has 1 saturated heterocycles. The van der Waals surface area contributed by atoms with E-state index in [4.69, 9.17) is 5.11 Å². The van der Waals surface area contributed by atoms with Crippen LogP contribution in [-0.4, -0.2) is 91.5 Å². The summed E-state index contributed by atoms with van der Waals surface area (Å²) in [5, 5.41) is 8.81. The highest BCUT2D eigenvalue weighted by Crippen LogP contribution is 1.98. The summed E-state index contributed by atoms with van der Waals surface area (Å²) in [6.07, 6.45) is 0.902. The number of aliphatic carboxylic acids is 1. The molecule has 0 radical (unpaired) electrons. The molecule has 0 saturated carbocycles. The zero-order valence-corrected chi connectivity index (χ0v) is 10.3. The van der Waals surface area contributed by atoms with Crippen LogP contribution in [0.4, 0.5) is 0 Å². The van der Waals surface area contributed by atoms with Gasteiger partial charge >= 0.3 is 5.97 Å². The van der Waals surface area contributed by atoms with Crippen LogP contribution in [0, 0.1) is 0 Å². The van der Waals surface area contributed by atoms with Gasteiger partial charge in [-0.25, -0.2) is 0 Å². The van der Waals surface area contributed by atoms with Gasteiger partial charge in [0, 0.05) is 39.3 Å². The van der Waals surface area contributed by atoms with Crippen LogP contribution in [0.5, 0.6) is 0 Å². The summed E-state index contributed by atoms with van der Waals surface area (Å²) in [6.45, 7) is 5.34. The van der Waals surface area contributed by atoms with Gasteiger partial charge in [-0.3, -0.25) is 14.6 Å². The number of rotatable bonds is 4. The van der Waals surface area contributed by atoms with E-state index in [1.54, 1.807) is 0 Å². The quantitative estimate of drug-likeness (QED) is 0.627. The molecule has 0 spiro atoms. The van der Waals surface area contributed by atoms with Crippen LogP contribution in [-0.2, 0) is 9.59 Å². The van der Waals surface area contributed by atoms with Crippen molar-refractivity contribution < 1.29 is 14.7 Å². The topological polar surface area (TPSA) is 64.1 Å². The highest BCUT2D eigenvalue weighted by Gasteiger charge is 2.15. The van der Waals surface area contributed by atoms with E-state index in [-0.39, 0.29) is 6.54 Å². The monoisotopic (exact) mass is 243 g/mol. The Balaban J connectivity index is 2.52. The molecule has 0 aliphatic carbocycles. The van der Waals surface area contributed by atoms with Crippen LogP contribution in [0.2, 0.25) is 0 Å². The molecule has 1 aliphatic rings. The Morgan fingerprint density at radius 3 is 2.24 bits per heavy atom. The second kappa shape index (κ2) is 7.37. The van der Waals surface area contributed by atoms with E-state index in [0.717, 1.165) is 39.0 Å². The van der Waals surface area contributed by atoms with Gasteiger partial charge in [-0.2, -0.15) is 0 Å². The van der Waals surface area contributed by atoms with E-state index >= 15 is 0 Å². The third kappa shape index (κ3) is 5.76. The number of carbonyl (C=O) groups excluding carboxylic acids is 1. The summed E-state index contributed by atoms with van der Waals surface area (Å²) in [7, 11) is 2.02. The molecular formula is C11H21N3O3. The fourth-order valence-corrected chi connectivity index (χ4v) is 1.88. The summed E-state index contributed by atoms with van der Waals surface area (Å²) in [5.41, 5.74) is 0. The van der Waals surface area contributed by atoms with Gasteiger partial charge in [0.1, 0.15) is 6.29 Å². The van der Waals surface area contributed by atoms with Gasteiger partial charge in [-0.15, -0.1) is 0 Å². The molecule has 0 unspecified atom stereocenters. The first-order valence-corrected chi connectivity index (χ1v) is 5.90. The zero-order chi connectivity index (χ0) is 12.7. The molecule has 1 heterocycles. The molecular weight excluding hydrogens is 222 g/mol. The van der Waals surface area contributed by atoms with Crippen molar-refractivity contribution in [3.05, 3.63) is 0 Å². The minimum Gasteiger partial charge on any atom is -0.480 e. The molecule has 0 aromatic rings. The summed E-state index contributed by atoms with van der Waals surface area (Å²) in [6, 6.07) is 0. The first kappa shape index (κ1) is 14.1. The molecule has 17 heavy (non-hydrogen) atoms. The highest BCUT2D eigenvalue weighted by atomic mass is 16.4. The number of hydrogen-bond acceptors (Lipinski definition) is 5. The fourth-order valence-electron chi connectivity index (χ4n) is 1.88. The first-order chi connectivity index (χ1) is 8.11. The number of carboxylic acids is 1. The van der Waals surface area contributed by atoms with Gasteiger partial charge in [-0.05, 0) is 7.05 Å². The van der Waals surface area contributed by atoms with Gasteiger partial charge in [-0.1, -0.05) is 0 Å². The standard InChI is InChI=1S/C11H21N3O3/c1-12-2-4-13(8-9-15)6-7-14(5-3-12)10-11(16)17/h9H,2-8,10H2,1H3,(H,16,17). The van der Waals surface area contributed by atoms with Crippen LogP contribution in [0.1, 0.15) is 0 Å². The molecule has 6 heteroatoms. The lowest BCUT2D eigenvalue weighted by atomic mass is 10.4. The normalized spacial score (nSPS) is 21.5. The number of hydrogen-bond donors (Lipinski definition) is 1. The predicted molar refractivity (Wildman–Crippen MR) is 64.1 cm³/mol. The molecule has 0 aromatic carbocycles. The molecule has 6 nitrogen and oxygen atoms in total. The lowest BCUT2D eigenvalue weighted by Crippen LogP contribution is -2.39. The Bertz CT molecular complexity index is 260. The SMILES string of the molecule is CN1CCN(CC=O)CCN(CC(=O)O)CC1. The van der Waals surface area contributed by atoms with Crippen molar-refractivity contribution >= 4 is 12.3 Å². The summed E-state index contributed by atoms with van der Waals surface area (Å²) >= 11 is 0. The lowest BCUT2D eigenvalue weighted by molar-refractivity contribution is -0.138. The number of aldehydes is 1. The molecule has 0 aromatic heterocycles. The smallest absolute Gasteiger partial charge is 0.317 e. The van der Waals surface area contributed by atoms with Crippen molar-refractivity contribution in [1.29, 1.82) is 0 Å². The zero-order valence-electron chi connectivity index (χ0n) is 10.3. The van der Waals surface area contributed by atoms with Crippen molar-refractivity contribution in [3.8, 4) is 0 Å². The van der Waals surface area contributed by atoms with E-state index in [1.807, 2.05) is 11.9 Å². The van der Waals surface area contributed by atoms with Gasteiger partial charge in [0.2, 0.25) is 0 Å². The van der Waals surface area contributed by atoms with E-state index in [2.05, 4.69) is 9.80 Å². The Morgan fingerprint density at radius 1 is 1.12 bits per heavy atom. The lowest BCUT2D eigenvalue weighted by Gasteiger charge is -2.22. The van der Waals surface area contributed by atoms with E-state index < -0.39 is 5.97 Å². The Morgan fingerprint density at radius 2 is 1.65 bits per heavy atom. The Kier molecular flexibility index (Phi) is 6.10. The number of likely N-dealkylation sites (N-methyl/N-ethyl adjacent to an activating group) is 1. The molecule has 0 atom stereocenters. The Labute approximate surface area is 102 Å². The van der Waals surface area contributed by atoms with Crippen molar-refractivity contribution in [3.63, 3.8) is 0 Å². The van der Waals surface area contributed by atoms with Crippen molar-refractivity contribution in [2.45, 2.75) is 0 Å². The fraction of sp³-hybridized carbons (Fsp3) is 0.818. The average Bonchev–Trinajstić information content (AvgIpc) is 2.34. The van der Waals surface area contributed by atoms with Crippen LogP contribution in [0.25, 0.3) is 0 Å². The van der Waals surface area contributed by atoms with Crippen molar-refractivity contribution in [2.24, 2.45) is 0 Å². The number of nitrogens with zero attached hydrogens (tertiary/aromatic N) is 3. The molecule has 0 amide bonds. The Hall–Kier alpha value is -0.980. The first-order valence-electron chi connectivity index (χ1n) is 5.90. The van der Waals surface area contributed by atoms with E-state index in [9.17, 15) is 9.59 Å².